The van der Waals surface area contributed by atoms with Crippen molar-refractivity contribution >= 4 is 18.3 Å². The van der Waals surface area contributed by atoms with E-state index in [2.05, 4.69) is 6.92 Å². The summed E-state index contributed by atoms with van der Waals surface area (Å²) in [6.45, 7) is 5.97. The Morgan fingerprint density at radius 1 is 1.45 bits per heavy atom. The van der Waals surface area contributed by atoms with E-state index in [-0.39, 0.29) is 24.4 Å². The van der Waals surface area contributed by atoms with Gasteiger partial charge in [0.1, 0.15) is 6.04 Å². The lowest BCUT2D eigenvalue weighted by Crippen LogP contribution is -2.48. The zero-order valence-corrected chi connectivity index (χ0v) is 12.9. The number of ether oxygens (including phenoxy) is 1. The Labute approximate surface area is 126 Å². The molecule has 0 bridgehead atoms. The molecule has 4 nitrogen and oxygen atoms in total. The molecule has 1 aliphatic heterocycles. The van der Waals surface area contributed by atoms with Gasteiger partial charge in [0.15, 0.2) is 0 Å². The summed E-state index contributed by atoms with van der Waals surface area (Å²) in [4.78, 5) is 14.2. The fourth-order valence-electron chi connectivity index (χ4n) is 2.28. The van der Waals surface area contributed by atoms with E-state index in [0.717, 1.165) is 12.0 Å². The fraction of sp³-hybridized carbons (Fsp3) is 0.533. The summed E-state index contributed by atoms with van der Waals surface area (Å²) in [6, 6.07) is 7.25. The van der Waals surface area contributed by atoms with Crippen LogP contribution in [0.25, 0.3) is 0 Å². The Morgan fingerprint density at radius 2 is 2.10 bits per heavy atom. The van der Waals surface area contributed by atoms with Gasteiger partial charge in [-0.05, 0) is 18.9 Å². The van der Waals surface area contributed by atoms with Gasteiger partial charge < -0.3 is 15.4 Å². The predicted molar refractivity (Wildman–Crippen MR) is 82.0 cm³/mol. The van der Waals surface area contributed by atoms with Crippen LogP contribution in [-0.2, 0) is 9.53 Å². The van der Waals surface area contributed by atoms with Crippen LogP contribution in [0.5, 0.6) is 0 Å². The number of morpholine rings is 1. The summed E-state index contributed by atoms with van der Waals surface area (Å²) in [6.07, 6.45) is 1.06. The van der Waals surface area contributed by atoms with E-state index < -0.39 is 6.04 Å². The molecule has 0 radical (unpaired) electrons. The Balaban J connectivity index is 0.00000200. The normalized spacial score (nSPS) is 20.1. The third kappa shape index (κ3) is 3.95. The highest BCUT2D eigenvalue weighted by molar-refractivity contribution is 5.85. The first-order chi connectivity index (χ1) is 9.11. The van der Waals surface area contributed by atoms with Crippen LogP contribution < -0.4 is 5.73 Å². The lowest BCUT2D eigenvalue weighted by Gasteiger charge is -2.34. The number of rotatable bonds is 3. The minimum Gasteiger partial charge on any atom is -0.375 e. The van der Waals surface area contributed by atoms with Gasteiger partial charge in [0.05, 0.1) is 12.7 Å². The average molecular weight is 299 g/mol. The van der Waals surface area contributed by atoms with Crippen LogP contribution >= 0.6 is 12.4 Å². The molecule has 2 rings (SSSR count). The van der Waals surface area contributed by atoms with Gasteiger partial charge >= 0.3 is 0 Å². The zero-order chi connectivity index (χ0) is 13.8. The topological polar surface area (TPSA) is 55.6 Å². The Hall–Kier alpha value is -1.10. The van der Waals surface area contributed by atoms with Crippen molar-refractivity contribution in [1.82, 2.24) is 4.90 Å². The van der Waals surface area contributed by atoms with E-state index in [1.165, 1.54) is 5.56 Å². The minimum atomic E-state index is -0.573. The number of nitrogens with two attached hydrogens (primary N) is 1. The predicted octanol–water partition coefficient (Wildman–Crippen LogP) is 2.05. The summed E-state index contributed by atoms with van der Waals surface area (Å²) in [5, 5.41) is 0. The summed E-state index contributed by atoms with van der Waals surface area (Å²) < 4.78 is 5.57. The van der Waals surface area contributed by atoms with Crippen molar-refractivity contribution in [3.63, 3.8) is 0 Å². The van der Waals surface area contributed by atoms with Crippen molar-refractivity contribution in [2.45, 2.75) is 32.4 Å². The highest BCUT2D eigenvalue weighted by Crippen LogP contribution is 2.17. The van der Waals surface area contributed by atoms with Gasteiger partial charge in [0.2, 0.25) is 5.91 Å². The molecule has 1 saturated heterocycles. The molecule has 1 fully saturated rings. The molecule has 2 N–H and O–H groups in total. The van der Waals surface area contributed by atoms with Gasteiger partial charge in [-0.1, -0.05) is 36.8 Å². The summed E-state index contributed by atoms with van der Waals surface area (Å²) >= 11 is 0. The van der Waals surface area contributed by atoms with Gasteiger partial charge in [-0.3, -0.25) is 4.79 Å². The molecule has 112 valence electrons. The van der Waals surface area contributed by atoms with Crippen LogP contribution in [0.4, 0.5) is 0 Å². The van der Waals surface area contributed by atoms with E-state index in [9.17, 15) is 4.79 Å². The first-order valence-electron chi connectivity index (χ1n) is 6.84. The van der Waals surface area contributed by atoms with Crippen LogP contribution in [-0.4, -0.2) is 36.6 Å². The largest absolute Gasteiger partial charge is 0.375 e. The van der Waals surface area contributed by atoms with Crippen LogP contribution in [0.3, 0.4) is 0 Å². The number of carbonyl (C=O) groups excluding carboxylic acids is 1. The standard InChI is InChI=1S/C15H22N2O2.ClH/c1-3-13-10-17(8-9-19-13)15(18)14(16)12-6-4-11(2)5-7-12;/h4-7,13-14H,3,8-10,16H2,1-2H3;1H. The number of carbonyl (C=O) groups is 1. The van der Waals surface area contributed by atoms with Crippen molar-refractivity contribution in [3.8, 4) is 0 Å². The SMILES string of the molecule is CCC1CN(C(=O)C(N)c2ccc(C)cc2)CCO1.Cl. The first kappa shape index (κ1) is 17.0. The van der Waals surface area contributed by atoms with Gasteiger partial charge in [-0.15, -0.1) is 12.4 Å². The van der Waals surface area contributed by atoms with E-state index >= 15 is 0 Å². The van der Waals surface area contributed by atoms with Gasteiger partial charge in [-0.2, -0.15) is 0 Å². The summed E-state index contributed by atoms with van der Waals surface area (Å²) in [5.74, 6) is -0.00870. The highest BCUT2D eigenvalue weighted by atomic mass is 35.5. The number of halogens is 1. The molecular formula is C15H23ClN2O2. The smallest absolute Gasteiger partial charge is 0.244 e. The van der Waals surface area contributed by atoms with E-state index in [0.29, 0.717) is 19.7 Å². The van der Waals surface area contributed by atoms with Crippen molar-refractivity contribution in [2.75, 3.05) is 19.7 Å². The first-order valence-corrected chi connectivity index (χ1v) is 6.84. The number of hydrogen-bond donors (Lipinski definition) is 1. The second-order valence-electron chi connectivity index (χ2n) is 5.07. The molecule has 1 aliphatic rings. The second-order valence-corrected chi connectivity index (χ2v) is 5.07. The van der Waals surface area contributed by atoms with E-state index in [1.54, 1.807) is 0 Å². The van der Waals surface area contributed by atoms with Crippen LogP contribution in [0, 0.1) is 6.92 Å². The Bertz CT molecular complexity index is 436. The molecular weight excluding hydrogens is 276 g/mol. The second kappa shape index (κ2) is 7.62. The maximum atomic E-state index is 12.4. The molecule has 20 heavy (non-hydrogen) atoms. The molecule has 1 amide bonds. The Morgan fingerprint density at radius 3 is 2.70 bits per heavy atom. The van der Waals surface area contributed by atoms with Crippen molar-refractivity contribution in [3.05, 3.63) is 35.4 Å². The Kier molecular flexibility index (Phi) is 6.46. The van der Waals surface area contributed by atoms with Crippen LogP contribution in [0.2, 0.25) is 0 Å². The van der Waals surface area contributed by atoms with Crippen molar-refractivity contribution in [2.24, 2.45) is 5.73 Å². The fourth-order valence-corrected chi connectivity index (χ4v) is 2.28. The molecule has 0 aliphatic carbocycles. The maximum Gasteiger partial charge on any atom is 0.244 e. The number of nitrogens with zero attached hydrogens (tertiary/aromatic N) is 1. The number of hydrogen-bond acceptors (Lipinski definition) is 3. The summed E-state index contributed by atoms with van der Waals surface area (Å²) in [7, 11) is 0. The average Bonchev–Trinajstić information content (AvgIpc) is 2.46. The molecule has 1 heterocycles. The molecule has 5 heteroatoms. The van der Waals surface area contributed by atoms with E-state index in [1.807, 2.05) is 36.1 Å². The highest BCUT2D eigenvalue weighted by Gasteiger charge is 2.27. The van der Waals surface area contributed by atoms with Crippen LogP contribution in [0.1, 0.15) is 30.5 Å². The molecule has 0 saturated carbocycles. The quantitative estimate of drug-likeness (QED) is 0.929. The molecule has 1 aromatic carbocycles. The third-order valence-corrected chi connectivity index (χ3v) is 3.61. The zero-order valence-electron chi connectivity index (χ0n) is 12.0. The maximum absolute atomic E-state index is 12.4. The summed E-state index contributed by atoms with van der Waals surface area (Å²) in [5.41, 5.74) is 8.11. The molecule has 0 aromatic heterocycles. The molecule has 1 aromatic rings. The monoisotopic (exact) mass is 298 g/mol. The molecule has 0 spiro atoms. The number of aryl methyl sites for hydroxylation is 1. The lowest BCUT2D eigenvalue weighted by atomic mass is 10.0. The number of benzene rings is 1. The van der Waals surface area contributed by atoms with E-state index in [4.69, 9.17) is 10.5 Å². The van der Waals surface area contributed by atoms with Crippen molar-refractivity contribution in [1.29, 1.82) is 0 Å². The van der Waals surface area contributed by atoms with Crippen molar-refractivity contribution < 1.29 is 9.53 Å². The lowest BCUT2D eigenvalue weighted by molar-refractivity contribution is -0.140. The molecule has 2 unspecified atom stereocenters. The van der Waals surface area contributed by atoms with Gasteiger partial charge in [0.25, 0.3) is 0 Å². The minimum absolute atomic E-state index is 0. The third-order valence-electron chi connectivity index (χ3n) is 3.61. The van der Waals surface area contributed by atoms with Gasteiger partial charge in [-0.25, -0.2) is 0 Å². The van der Waals surface area contributed by atoms with Crippen LogP contribution in [0.15, 0.2) is 24.3 Å². The van der Waals surface area contributed by atoms with Gasteiger partial charge in [0, 0.05) is 13.1 Å². The number of amides is 1. The molecule has 2 atom stereocenters.